The predicted molar refractivity (Wildman–Crippen MR) is 72.1 cm³/mol. The number of likely N-dealkylation sites (N-methyl/N-ethyl adjacent to an activating group) is 1. The maximum atomic E-state index is 10.4. The standard InChI is InChI=1S/C15H29NO/c1-2-16(14-10-6-7-11-14)12-15(17)13-8-4-3-5-9-13/h13-15,17H,2-12H2,1H3. The largest absolute Gasteiger partial charge is 0.392 e. The average molecular weight is 239 g/mol. The van der Waals surface area contributed by atoms with Crippen molar-refractivity contribution in [2.24, 2.45) is 5.92 Å². The van der Waals surface area contributed by atoms with Gasteiger partial charge in [-0.3, -0.25) is 4.90 Å². The molecule has 100 valence electrons. The zero-order valence-corrected chi connectivity index (χ0v) is 11.4. The highest BCUT2D eigenvalue weighted by atomic mass is 16.3. The van der Waals surface area contributed by atoms with Crippen LogP contribution in [0.3, 0.4) is 0 Å². The number of hydrogen-bond acceptors (Lipinski definition) is 2. The first-order chi connectivity index (χ1) is 8.31. The first kappa shape index (κ1) is 13.4. The summed E-state index contributed by atoms with van der Waals surface area (Å²) in [5.74, 6) is 0.583. The van der Waals surface area contributed by atoms with Crippen LogP contribution in [-0.4, -0.2) is 35.2 Å². The lowest BCUT2D eigenvalue weighted by Crippen LogP contribution is -2.42. The van der Waals surface area contributed by atoms with Crippen LogP contribution in [0, 0.1) is 5.92 Å². The van der Waals surface area contributed by atoms with E-state index in [0.717, 1.165) is 19.1 Å². The summed E-state index contributed by atoms with van der Waals surface area (Å²) >= 11 is 0. The lowest BCUT2D eigenvalue weighted by molar-refractivity contribution is 0.0359. The van der Waals surface area contributed by atoms with E-state index in [-0.39, 0.29) is 6.10 Å². The van der Waals surface area contributed by atoms with Gasteiger partial charge in [0.1, 0.15) is 0 Å². The Morgan fingerprint density at radius 1 is 1.00 bits per heavy atom. The topological polar surface area (TPSA) is 23.5 Å². The SMILES string of the molecule is CCN(CC(O)C1CCCCC1)C1CCCC1. The van der Waals surface area contributed by atoms with E-state index >= 15 is 0 Å². The van der Waals surface area contributed by atoms with Crippen LogP contribution in [0.5, 0.6) is 0 Å². The minimum atomic E-state index is -0.0733. The molecule has 2 fully saturated rings. The van der Waals surface area contributed by atoms with Gasteiger partial charge < -0.3 is 5.11 Å². The molecule has 1 atom stereocenters. The molecule has 0 aromatic carbocycles. The zero-order chi connectivity index (χ0) is 12.1. The molecule has 0 bridgehead atoms. The molecule has 2 saturated carbocycles. The third-order valence-electron chi connectivity index (χ3n) is 4.86. The minimum absolute atomic E-state index is 0.0733. The number of aliphatic hydroxyl groups excluding tert-OH is 1. The van der Waals surface area contributed by atoms with Gasteiger partial charge in [0.05, 0.1) is 6.10 Å². The van der Waals surface area contributed by atoms with Crippen LogP contribution in [0.2, 0.25) is 0 Å². The Morgan fingerprint density at radius 2 is 1.59 bits per heavy atom. The summed E-state index contributed by atoms with van der Waals surface area (Å²) in [4.78, 5) is 2.53. The highest BCUT2D eigenvalue weighted by molar-refractivity contribution is 4.81. The van der Waals surface area contributed by atoms with Gasteiger partial charge in [0.2, 0.25) is 0 Å². The summed E-state index contributed by atoms with van der Waals surface area (Å²) in [5, 5.41) is 10.4. The van der Waals surface area contributed by atoms with Crippen LogP contribution in [-0.2, 0) is 0 Å². The molecule has 1 unspecified atom stereocenters. The molecule has 2 aliphatic rings. The molecule has 0 heterocycles. The molecule has 2 aliphatic carbocycles. The zero-order valence-electron chi connectivity index (χ0n) is 11.4. The Balaban J connectivity index is 1.79. The van der Waals surface area contributed by atoms with Gasteiger partial charge in [-0.1, -0.05) is 39.0 Å². The highest BCUT2D eigenvalue weighted by Gasteiger charge is 2.27. The molecule has 0 spiro atoms. The molecule has 0 radical (unpaired) electrons. The minimum Gasteiger partial charge on any atom is -0.392 e. The fourth-order valence-electron chi connectivity index (χ4n) is 3.71. The van der Waals surface area contributed by atoms with Crippen LogP contribution in [0.25, 0.3) is 0 Å². The van der Waals surface area contributed by atoms with E-state index in [2.05, 4.69) is 11.8 Å². The van der Waals surface area contributed by atoms with Gasteiger partial charge in [-0.05, 0) is 38.1 Å². The molecular formula is C15H29NO. The first-order valence-corrected chi connectivity index (χ1v) is 7.73. The van der Waals surface area contributed by atoms with Gasteiger partial charge in [0, 0.05) is 12.6 Å². The predicted octanol–water partition coefficient (Wildman–Crippen LogP) is 3.19. The average Bonchev–Trinajstić information content (AvgIpc) is 2.90. The maximum Gasteiger partial charge on any atom is 0.0695 e. The molecule has 0 aromatic rings. The van der Waals surface area contributed by atoms with E-state index in [0.29, 0.717) is 5.92 Å². The van der Waals surface area contributed by atoms with Crippen molar-refractivity contribution >= 4 is 0 Å². The Bertz CT molecular complexity index is 207. The summed E-state index contributed by atoms with van der Waals surface area (Å²) in [7, 11) is 0. The van der Waals surface area contributed by atoms with Crippen molar-refractivity contribution in [2.45, 2.75) is 76.9 Å². The van der Waals surface area contributed by atoms with Crippen LogP contribution in [0.1, 0.15) is 64.7 Å². The molecule has 0 aromatic heterocycles. The van der Waals surface area contributed by atoms with Gasteiger partial charge in [0.25, 0.3) is 0 Å². The van der Waals surface area contributed by atoms with Crippen molar-refractivity contribution in [3.05, 3.63) is 0 Å². The summed E-state index contributed by atoms with van der Waals surface area (Å²) in [6.45, 7) is 4.27. The molecule has 2 nitrogen and oxygen atoms in total. The number of hydrogen-bond donors (Lipinski definition) is 1. The van der Waals surface area contributed by atoms with E-state index in [9.17, 15) is 5.11 Å². The van der Waals surface area contributed by atoms with Gasteiger partial charge in [-0.15, -0.1) is 0 Å². The Morgan fingerprint density at radius 3 is 2.18 bits per heavy atom. The third-order valence-corrected chi connectivity index (χ3v) is 4.86. The van der Waals surface area contributed by atoms with Gasteiger partial charge in [-0.25, -0.2) is 0 Å². The normalized spacial score (nSPS) is 25.6. The van der Waals surface area contributed by atoms with Crippen LogP contribution in [0.15, 0.2) is 0 Å². The molecule has 17 heavy (non-hydrogen) atoms. The Kier molecular flexibility index (Phi) is 5.30. The second-order valence-electron chi connectivity index (χ2n) is 5.99. The van der Waals surface area contributed by atoms with E-state index in [4.69, 9.17) is 0 Å². The van der Waals surface area contributed by atoms with Crippen molar-refractivity contribution < 1.29 is 5.11 Å². The van der Waals surface area contributed by atoms with Crippen LogP contribution in [0.4, 0.5) is 0 Å². The lowest BCUT2D eigenvalue weighted by atomic mass is 9.85. The summed E-state index contributed by atoms with van der Waals surface area (Å²) in [6.07, 6.45) is 12.0. The molecule has 0 saturated heterocycles. The van der Waals surface area contributed by atoms with Crippen molar-refractivity contribution in [1.29, 1.82) is 0 Å². The van der Waals surface area contributed by atoms with Crippen LogP contribution < -0.4 is 0 Å². The van der Waals surface area contributed by atoms with E-state index in [1.165, 1.54) is 57.8 Å². The second-order valence-corrected chi connectivity index (χ2v) is 5.99. The van der Waals surface area contributed by atoms with Crippen molar-refractivity contribution in [3.63, 3.8) is 0 Å². The van der Waals surface area contributed by atoms with Crippen molar-refractivity contribution in [1.82, 2.24) is 4.90 Å². The van der Waals surface area contributed by atoms with Gasteiger partial charge in [0.15, 0.2) is 0 Å². The molecule has 0 aliphatic heterocycles. The Labute approximate surface area is 106 Å². The molecular weight excluding hydrogens is 210 g/mol. The molecule has 2 heteroatoms. The molecule has 2 rings (SSSR count). The monoisotopic (exact) mass is 239 g/mol. The number of rotatable bonds is 5. The van der Waals surface area contributed by atoms with Crippen molar-refractivity contribution in [2.75, 3.05) is 13.1 Å². The Hall–Kier alpha value is -0.0800. The number of nitrogens with zero attached hydrogens (tertiary/aromatic N) is 1. The van der Waals surface area contributed by atoms with Gasteiger partial charge >= 0.3 is 0 Å². The quantitative estimate of drug-likeness (QED) is 0.796. The highest BCUT2D eigenvalue weighted by Crippen LogP contribution is 2.29. The third kappa shape index (κ3) is 3.69. The van der Waals surface area contributed by atoms with E-state index in [1.54, 1.807) is 0 Å². The number of aliphatic hydroxyl groups is 1. The van der Waals surface area contributed by atoms with E-state index in [1.807, 2.05) is 0 Å². The fourth-order valence-corrected chi connectivity index (χ4v) is 3.71. The fraction of sp³-hybridized carbons (Fsp3) is 1.00. The lowest BCUT2D eigenvalue weighted by Gasteiger charge is -2.34. The van der Waals surface area contributed by atoms with Crippen LogP contribution >= 0.6 is 0 Å². The van der Waals surface area contributed by atoms with Crippen molar-refractivity contribution in [3.8, 4) is 0 Å². The second kappa shape index (κ2) is 6.75. The summed E-state index contributed by atoms with van der Waals surface area (Å²) < 4.78 is 0. The molecule has 0 amide bonds. The maximum absolute atomic E-state index is 10.4. The smallest absolute Gasteiger partial charge is 0.0695 e. The van der Waals surface area contributed by atoms with E-state index < -0.39 is 0 Å². The van der Waals surface area contributed by atoms with Gasteiger partial charge in [-0.2, -0.15) is 0 Å². The summed E-state index contributed by atoms with van der Waals surface area (Å²) in [6, 6.07) is 0.762. The summed E-state index contributed by atoms with van der Waals surface area (Å²) in [5.41, 5.74) is 0. The molecule has 1 N–H and O–H groups in total. The first-order valence-electron chi connectivity index (χ1n) is 7.73.